The van der Waals surface area contributed by atoms with E-state index in [0.29, 0.717) is 0 Å². The number of hydrogen-bond donors (Lipinski definition) is 2. The molecule has 14 heavy (non-hydrogen) atoms. The number of rotatable bonds is 0. The van der Waals surface area contributed by atoms with Crippen molar-refractivity contribution in [2.45, 2.75) is 39.2 Å². The van der Waals surface area contributed by atoms with Crippen molar-refractivity contribution in [3.05, 3.63) is 11.6 Å². The van der Waals surface area contributed by atoms with E-state index in [2.05, 4.69) is 11.8 Å². The summed E-state index contributed by atoms with van der Waals surface area (Å²) in [6, 6.07) is 0. The molecule has 0 heterocycles. The van der Waals surface area contributed by atoms with E-state index in [-0.39, 0.29) is 12.0 Å². The van der Waals surface area contributed by atoms with Crippen LogP contribution in [0.4, 0.5) is 0 Å². The molecule has 2 N–H and O–H groups in total. The van der Waals surface area contributed by atoms with Gasteiger partial charge in [-0.2, -0.15) is 0 Å². The lowest BCUT2D eigenvalue weighted by molar-refractivity contribution is 0.00475. The lowest BCUT2D eigenvalue weighted by Gasteiger charge is -2.42. The Morgan fingerprint density at radius 1 is 1.50 bits per heavy atom. The van der Waals surface area contributed by atoms with Crippen LogP contribution in [0.1, 0.15) is 33.6 Å². The van der Waals surface area contributed by atoms with Gasteiger partial charge in [-0.15, -0.1) is 0 Å². The molecule has 1 aliphatic carbocycles. The maximum atomic E-state index is 10.4. The zero-order valence-corrected chi connectivity index (χ0v) is 9.09. The van der Waals surface area contributed by atoms with Gasteiger partial charge in [-0.3, -0.25) is 0 Å². The van der Waals surface area contributed by atoms with Gasteiger partial charge >= 0.3 is 0 Å². The average Bonchev–Trinajstić information content (AvgIpc) is 2.11. The molecule has 0 amide bonds. The van der Waals surface area contributed by atoms with Gasteiger partial charge in [0.25, 0.3) is 0 Å². The van der Waals surface area contributed by atoms with Crippen molar-refractivity contribution < 1.29 is 10.2 Å². The van der Waals surface area contributed by atoms with Crippen molar-refractivity contribution in [1.29, 1.82) is 0 Å². The molecule has 78 valence electrons. The molecule has 0 saturated carbocycles. The molecule has 2 nitrogen and oxygen atoms in total. The summed E-state index contributed by atoms with van der Waals surface area (Å²) in [4.78, 5) is 0. The van der Waals surface area contributed by atoms with Crippen LogP contribution in [0.25, 0.3) is 0 Å². The molecule has 0 aromatic rings. The molecule has 0 aliphatic heterocycles. The molecule has 2 heteroatoms. The van der Waals surface area contributed by atoms with E-state index < -0.39 is 5.60 Å². The topological polar surface area (TPSA) is 40.5 Å². The predicted molar refractivity (Wildman–Crippen MR) is 56.6 cm³/mol. The Balaban J connectivity index is 3.12. The van der Waals surface area contributed by atoms with Gasteiger partial charge in [0.15, 0.2) is 5.60 Å². The molecular formula is C12H18O2. The Hall–Kier alpha value is -0.780. The zero-order valence-electron chi connectivity index (χ0n) is 9.09. The van der Waals surface area contributed by atoms with Gasteiger partial charge in [0.05, 0.1) is 0 Å². The normalized spacial score (nSPS) is 30.2. The number of allylic oxidation sites excluding steroid dienone is 1. The number of aliphatic hydroxyl groups is 2. The second-order valence-corrected chi connectivity index (χ2v) is 4.48. The lowest BCUT2D eigenvalue weighted by Crippen LogP contribution is -2.46. The minimum Gasteiger partial charge on any atom is -0.384 e. The Morgan fingerprint density at radius 3 is 2.64 bits per heavy atom. The second-order valence-electron chi connectivity index (χ2n) is 4.48. The number of hydrogen-bond acceptors (Lipinski definition) is 2. The fourth-order valence-corrected chi connectivity index (χ4v) is 1.95. The van der Waals surface area contributed by atoms with Crippen LogP contribution in [0.2, 0.25) is 0 Å². The summed E-state index contributed by atoms with van der Waals surface area (Å²) >= 11 is 0. The van der Waals surface area contributed by atoms with Crippen LogP contribution < -0.4 is 0 Å². The average molecular weight is 194 g/mol. The van der Waals surface area contributed by atoms with Crippen LogP contribution in [-0.2, 0) is 0 Å². The molecule has 1 unspecified atom stereocenters. The SMILES string of the molecule is CC1=CCCC(C)(C)C1(O)C#CCO. The Labute approximate surface area is 85.6 Å². The molecule has 1 rings (SSSR count). The van der Waals surface area contributed by atoms with Crippen LogP contribution in [-0.4, -0.2) is 22.4 Å². The molecule has 0 saturated heterocycles. The summed E-state index contributed by atoms with van der Waals surface area (Å²) < 4.78 is 0. The van der Waals surface area contributed by atoms with E-state index in [4.69, 9.17) is 5.11 Å². The van der Waals surface area contributed by atoms with Crippen molar-refractivity contribution >= 4 is 0 Å². The highest BCUT2D eigenvalue weighted by molar-refractivity contribution is 5.35. The summed E-state index contributed by atoms with van der Waals surface area (Å²) in [5.41, 5.74) is -0.420. The van der Waals surface area contributed by atoms with Gasteiger partial charge in [0.1, 0.15) is 6.61 Å². The van der Waals surface area contributed by atoms with Gasteiger partial charge in [-0.05, 0) is 25.3 Å². The van der Waals surface area contributed by atoms with Crippen LogP contribution in [0.15, 0.2) is 11.6 Å². The number of aliphatic hydroxyl groups excluding tert-OH is 1. The van der Waals surface area contributed by atoms with E-state index in [1.165, 1.54) is 0 Å². The highest BCUT2D eigenvalue weighted by atomic mass is 16.3. The quantitative estimate of drug-likeness (QED) is 0.453. The molecule has 0 aromatic heterocycles. The van der Waals surface area contributed by atoms with Gasteiger partial charge in [0.2, 0.25) is 0 Å². The summed E-state index contributed by atoms with van der Waals surface area (Å²) in [5.74, 6) is 5.33. The van der Waals surface area contributed by atoms with Crippen LogP contribution in [0.5, 0.6) is 0 Å². The zero-order chi connectivity index (χ0) is 10.8. The van der Waals surface area contributed by atoms with Crippen LogP contribution in [0.3, 0.4) is 0 Å². The first kappa shape index (κ1) is 11.3. The van der Waals surface area contributed by atoms with E-state index >= 15 is 0 Å². The molecule has 0 aromatic carbocycles. The van der Waals surface area contributed by atoms with E-state index in [1.54, 1.807) is 0 Å². The maximum Gasteiger partial charge on any atom is 0.151 e. The summed E-state index contributed by atoms with van der Waals surface area (Å²) in [6.45, 7) is 5.71. The summed E-state index contributed by atoms with van der Waals surface area (Å²) in [5, 5.41) is 19.1. The van der Waals surface area contributed by atoms with Crippen LogP contribution >= 0.6 is 0 Å². The van der Waals surface area contributed by atoms with Crippen LogP contribution in [0, 0.1) is 17.3 Å². The minimum atomic E-state index is -1.08. The third-order valence-electron chi connectivity index (χ3n) is 3.12. The van der Waals surface area contributed by atoms with Crippen molar-refractivity contribution in [2.75, 3.05) is 6.61 Å². The monoisotopic (exact) mass is 194 g/mol. The highest BCUT2D eigenvalue weighted by Gasteiger charge is 2.45. The van der Waals surface area contributed by atoms with Gasteiger partial charge in [-0.1, -0.05) is 31.8 Å². The van der Waals surface area contributed by atoms with Gasteiger partial charge < -0.3 is 10.2 Å². The maximum absolute atomic E-state index is 10.4. The fourth-order valence-electron chi connectivity index (χ4n) is 1.95. The highest BCUT2D eigenvalue weighted by Crippen LogP contribution is 2.43. The first-order chi connectivity index (χ1) is 6.44. The van der Waals surface area contributed by atoms with Gasteiger partial charge in [0, 0.05) is 5.41 Å². The second kappa shape index (κ2) is 3.76. The molecule has 1 aliphatic rings. The first-order valence-corrected chi connectivity index (χ1v) is 4.94. The first-order valence-electron chi connectivity index (χ1n) is 4.94. The van der Waals surface area contributed by atoms with E-state index in [1.807, 2.05) is 26.8 Å². The van der Waals surface area contributed by atoms with Crippen molar-refractivity contribution in [3.63, 3.8) is 0 Å². The summed E-state index contributed by atoms with van der Waals surface area (Å²) in [6.07, 6.45) is 3.93. The molecule has 1 atom stereocenters. The molecular weight excluding hydrogens is 176 g/mol. The smallest absolute Gasteiger partial charge is 0.151 e. The standard InChI is InChI=1S/C12H18O2/c1-10-6-4-7-11(2,3)12(10,14)8-5-9-13/h6,13-14H,4,7,9H2,1-3H3. The van der Waals surface area contributed by atoms with Gasteiger partial charge in [-0.25, -0.2) is 0 Å². The molecule has 0 spiro atoms. The lowest BCUT2D eigenvalue weighted by atomic mass is 9.65. The molecule has 0 fully saturated rings. The van der Waals surface area contributed by atoms with E-state index in [9.17, 15) is 5.11 Å². The van der Waals surface area contributed by atoms with Crippen molar-refractivity contribution in [2.24, 2.45) is 5.41 Å². The fraction of sp³-hybridized carbons (Fsp3) is 0.667. The predicted octanol–water partition coefficient (Wildman–Crippen LogP) is 1.48. The molecule has 0 radical (unpaired) electrons. The Kier molecular flexibility index (Phi) is 3.04. The van der Waals surface area contributed by atoms with Crippen molar-refractivity contribution in [1.82, 2.24) is 0 Å². The van der Waals surface area contributed by atoms with E-state index in [0.717, 1.165) is 18.4 Å². The largest absolute Gasteiger partial charge is 0.384 e. The Bertz CT molecular complexity index is 304. The third-order valence-corrected chi connectivity index (χ3v) is 3.12. The minimum absolute atomic E-state index is 0.203. The third kappa shape index (κ3) is 1.70. The summed E-state index contributed by atoms with van der Waals surface area (Å²) in [7, 11) is 0. The van der Waals surface area contributed by atoms with Crippen molar-refractivity contribution in [3.8, 4) is 11.8 Å². The molecule has 0 bridgehead atoms. The Morgan fingerprint density at radius 2 is 2.14 bits per heavy atom.